The van der Waals surface area contributed by atoms with E-state index < -0.39 is 6.10 Å². The Kier molecular flexibility index (Phi) is 3.71. The predicted molar refractivity (Wildman–Crippen MR) is 70.2 cm³/mol. The molecule has 0 aliphatic carbocycles. The second-order valence-electron chi connectivity index (χ2n) is 5.06. The zero-order valence-corrected chi connectivity index (χ0v) is 11.5. The summed E-state index contributed by atoms with van der Waals surface area (Å²) in [4.78, 5) is 0. The van der Waals surface area contributed by atoms with Crippen LogP contribution in [-0.2, 0) is 6.54 Å². The van der Waals surface area contributed by atoms with Crippen molar-refractivity contribution in [3.8, 4) is 11.5 Å². The van der Waals surface area contributed by atoms with Gasteiger partial charge in [-0.05, 0) is 38.5 Å². The van der Waals surface area contributed by atoms with E-state index in [0.29, 0.717) is 23.1 Å². The molecule has 0 aromatic heterocycles. The number of halogens is 1. The molecule has 1 atom stereocenters. The standard InChI is InChI=1S/C13H18ClNO3/c1-8(16)13(2,3)15-6-9-4-10(14)12-11(5-9)17-7-18-12/h4-5,8,15-16H,6-7H2,1-3H3. The van der Waals surface area contributed by atoms with Crippen LogP contribution in [0.3, 0.4) is 0 Å². The van der Waals surface area contributed by atoms with Crippen LogP contribution in [0.2, 0.25) is 5.02 Å². The molecule has 0 spiro atoms. The third-order valence-corrected chi connectivity index (χ3v) is 3.56. The molecule has 1 aromatic rings. The summed E-state index contributed by atoms with van der Waals surface area (Å²) in [5, 5.41) is 13.5. The van der Waals surface area contributed by atoms with E-state index in [9.17, 15) is 5.11 Å². The average Bonchev–Trinajstić information content (AvgIpc) is 2.75. The van der Waals surface area contributed by atoms with Crippen molar-refractivity contribution in [3.05, 3.63) is 22.7 Å². The van der Waals surface area contributed by atoms with Gasteiger partial charge in [0.25, 0.3) is 0 Å². The van der Waals surface area contributed by atoms with Crippen LogP contribution in [0.1, 0.15) is 26.3 Å². The first-order chi connectivity index (χ1) is 8.40. The summed E-state index contributed by atoms with van der Waals surface area (Å²) in [6.07, 6.45) is -0.443. The predicted octanol–water partition coefficient (Wildman–Crippen LogP) is 2.32. The second-order valence-corrected chi connectivity index (χ2v) is 5.47. The van der Waals surface area contributed by atoms with Crippen molar-refractivity contribution >= 4 is 11.6 Å². The summed E-state index contributed by atoms with van der Waals surface area (Å²) in [6, 6.07) is 3.75. The van der Waals surface area contributed by atoms with Gasteiger partial charge in [0.1, 0.15) is 0 Å². The van der Waals surface area contributed by atoms with Crippen LogP contribution < -0.4 is 14.8 Å². The largest absolute Gasteiger partial charge is 0.454 e. The number of rotatable bonds is 4. The minimum Gasteiger partial charge on any atom is -0.454 e. The van der Waals surface area contributed by atoms with Crippen LogP contribution in [0.4, 0.5) is 0 Å². The van der Waals surface area contributed by atoms with Crippen LogP contribution in [0.5, 0.6) is 11.5 Å². The Balaban J connectivity index is 2.09. The lowest BCUT2D eigenvalue weighted by molar-refractivity contribution is 0.0956. The second kappa shape index (κ2) is 4.96. The first-order valence-corrected chi connectivity index (χ1v) is 6.29. The highest BCUT2D eigenvalue weighted by molar-refractivity contribution is 6.32. The molecule has 5 heteroatoms. The van der Waals surface area contributed by atoms with Gasteiger partial charge in [0, 0.05) is 12.1 Å². The number of benzene rings is 1. The van der Waals surface area contributed by atoms with Gasteiger partial charge in [0.05, 0.1) is 11.1 Å². The number of ether oxygens (including phenoxy) is 2. The summed E-state index contributed by atoms with van der Waals surface area (Å²) >= 11 is 6.11. The third-order valence-electron chi connectivity index (χ3n) is 3.28. The van der Waals surface area contributed by atoms with Crippen molar-refractivity contribution in [2.75, 3.05) is 6.79 Å². The molecule has 0 saturated carbocycles. The maximum atomic E-state index is 9.63. The summed E-state index contributed by atoms with van der Waals surface area (Å²) < 4.78 is 10.6. The van der Waals surface area contributed by atoms with Crippen molar-refractivity contribution in [1.29, 1.82) is 0 Å². The fourth-order valence-corrected chi connectivity index (χ4v) is 1.89. The average molecular weight is 272 g/mol. The van der Waals surface area contributed by atoms with E-state index in [2.05, 4.69) is 5.32 Å². The molecule has 1 heterocycles. The zero-order chi connectivity index (χ0) is 13.3. The van der Waals surface area contributed by atoms with Gasteiger partial charge in [-0.15, -0.1) is 0 Å². The Morgan fingerprint density at radius 3 is 2.83 bits per heavy atom. The number of hydrogen-bond donors (Lipinski definition) is 2. The quantitative estimate of drug-likeness (QED) is 0.882. The van der Waals surface area contributed by atoms with Crippen molar-refractivity contribution in [2.45, 2.75) is 39.0 Å². The van der Waals surface area contributed by atoms with Gasteiger partial charge in [-0.2, -0.15) is 0 Å². The summed E-state index contributed by atoms with van der Waals surface area (Å²) in [5.41, 5.74) is 0.640. The fraction of sp³-hybridized carbons (Fsp3) is 0.538. The van der Waals surface area contributed by atoms with E-state index in [1.54, 1.807) is 6.92 Å². The molecule has 1 unspecified atom stereocenters. The monoisotopic (exact) mass is 271 g/mol. The molecule has 0 radical (unpaired) electrons. The molecule has 2 N–H and O–H groups in total. The molecule has 0 amide bonds. The first kappa shape index (κ1) is 13.5. The molecule has 1 aliphatic rings. The maximum absolute atomic E-state index is 9.63. The highest BCUT2D eigenvalue weighted by Gasteiger charge is 2.24. The molecular formula is C13H18ClNO3. The smallest absolute Gasteiger partial charge is 0.231 e. The van der Waals surface area contributed by atoms with E-state index in [1.165, 1.54) is 0 Å². The lowest BCUT2D eigenvalue weighted by Gasteiger charge is -2.29. The van der Waals surface area contributed by atoms with Crippen molar-refractivity contribution in [1.82, 2.24) is 5.32 Å². The Hall–Kier alpha value is -0.970. The first-order valence-electron chi connectivity index (χ1n) is 5.91. The molecule has 4 nitrogen and oxygen atoms in total. The summed E-state index contributed by atoms with van der Waals surface area (Å²) in [5.74, 6) is 1.28. The lowest BCUT2D eigenvalue weighted by Crippen LogP contribution is -2.47. The van der Waals surface area contributed by atoms with Crippen LogP contribution in [0.15, 0.2) is 12.1 Å². The van der Waals surface area contributed by atoms with Crippen LogP contribution in [0.25, 0.3) is 0 Å². The molecule has 100 valence electrons. The topological polar surface area (TPSA) is 50.7 Å². The van der Waals surface area contributed by atoms with Crippen molar-refractivity contribution in [3.63, 3.8) is 0 Å². The van der Waals surface area contributed by atoms with E-state index in [0.717, 1.165) is 5.56 Å². The lowest BCUT2D eigenvalue weighted by atomic mass is 9.98. The third kappa shape index (κ3) is 2.71. The molecule has 2 rings (SSSR count). The van der Waals surface area contributed by atoms with Crippen molar-refractivity contribution in [2.24, 2.45) is 0 Å². The molecular weight excluding hydrogens is 254 g/mol. The normalized spacial score (nSPS) is 15.8. The number of aliphatic hydroxyl groups excluding tert-OH is 1. The number of nitrogens with one attached hydrogen (secondary N) is 1. The summed E-state index contributed by atoms with van der Waals surface area (Å²) in [6.45, 7) is 6.48. The minimum atomic E-state index is -0.443. The highest BCUT2D eigenvalue weighted by Crippen LogP contribution is 2.39. The molecule has 0 fully saturated rings. The maximum Gasteiger partial charge on any atom is 0.231 e. The van der Waals surface area contributed by atoms with E-state index in [-0.39, 0.29) is 12.3 Å². The Morgan fingerprint density at radius 1 is 1.44 bits per heavy atom. The van der Waals surface area contributed by atoms with Gasteiger partial charge in [-0.3, -0.25) is 0 Å². The Bertz CT molecular complexity index is 446. The number of fused-ring (bicyclic) bond motifs is 1. The van der Waals surface area contributed by atoms with Crippen LogP contribution in [0, 0.1) is 0 Å². The van der Waals surface area contributed by atoms with E-state index >= 15 is 0 Å². The zero-order valence-electron chi connectivity index (χ0n) is 10.8. The highest BCUT2D eigenvalue weighted by atomic mass is 35.5. The van der Waals surface area contributed by atoms with E-state index in [1.807, 2.05) is 26.0 Å². The van der Waals surface area contributed by atoms with Gasteiger partial charge in [-0.25, -0.2) is 0 Å². The molecule has 0 bridgehead atoms. The molecule has 1 aromatic carbocycles. The van der Waals surface area contributed by atoms with Crippen LogP contribution in [-0.4, -0.2) is 23.5 Å². The van der Waals surface area contributed by atoms with Gasteiger partial charge in [0.15, 0.2) is 11.5 Å². The molecule has 18 heavy (non-hydrogen) atoms. The van der Waals surface area contributed by atoms with Gasteiger partial charge in [0.2, 0.25) is 6.79 Å². The SMILES string of the molecule is CC(O)C(C)(C)NCc1cc(Cl)c2c(c1)OCO2. The summed E-state index contributed by atoms with van der Waals surface area (Å²) in [7, 11) is 0. The number of hydrogen-bond acceptors (Lipinski definition) is 4. The number of aliphatic hydroxyl groups is 1. The Labute approximate surface area is 112 Å². The van der Waals surface area contributed by atoms with Crippen molar-refractivity contribution < 1.29 is 14.6 Å². The van der Waals surface area contributed by atoms with Gasteiger partial charge in [-0.1, -0.05) is 11.6 Å². The molecule has 1 aliphatic heterocycles. The molecule has 0 saturated heterocycles. The van der Waals surface area contributed by atoms with Gasteiger partial charge >= 0.3 is 0 Å². The van der Waals surface area contributed by atoms with Gasteiger partial charge < -0.3 is 19.9 Å². The Morgan fingerprint density at radius 2 is 2.17 bits per heavy atom. The van der Waals surface area contributed by atoms with E-state index in [4.69, 9.17) is 21.1 Å². The van der Waals surface area contributed by atoms with Crippen LogP contribution >= 0.6 is 11.6 Å². The fourth-order valence-electron chi connectivity index (χ4n) is 1.60. The minimum absolute atomic E-state index is 0.213.